The second kappa shape index (κ2) is 9.25. The van der Waals surface area contributed by atoms with E-state index in [0.29, 0.717) is 17.8 Å². The third-order valence-corrected chi connectivity index (χ3v) is 8.83. The molecule has 0 spiro atoms. The molecule has 3 fully saturated rings. The Morgan fingerprint density at radius 3 is 2.21 bits per heavy atom. The highest BCUT2D eigenvalue weighted by Crippen LogP contribution is 2.50. The van der Waals surface area contributed by atoms with Gasteiger partial charge in [-0.25, -0.2) is 9.67 Å². The zero-order valence-electron chi connectivity index (χ0n) is 23.4. The normalized spacial score (nSPS) is 22.2. The van der Waals surface area contributed by atoms with Crippen molar-refractivity contribution < 1.29 is 9.84 Å². The molecule has 38 heavy (non-hydrogen) atoms. The van der Waals surface area contributed by atoms with Crippen molar-refractivity contribution in [3.63, 3.8) is 0 Å². The minimum Gasteiger partial charge on any atom is -0.381 e. The van der Waals surface area contributed by atoms with Crippen LogP contribution >= 0.6 is 0 Å². The van der Waals surface area contributed by atoms with E-state index in [4.69, 9.17) is 14.8 Å². The van der Waals surface area contributed by atoms with Gasteiger partial charge in [-0.15, -0.1) is 0 Å². The molecule has 2 aromatic heterocycles. The van der Waals surface area contributed by atoms with Gasteiger partial charge < -0.3 is 14.7 Å². The lowest BCUT2D eigenvalue weighted by Crippen LogP contribution is -2.63. The summed E-state index contributed by atoms with van der Waals surface area (Å²) >= 11 is 0. The summed E-state index contributed by atoms with van der Waals surface area (Å²) in [4.78, 5) is 12.0. The van der Waals surface area contributed by atoms with E-state index >= 15 is 0 Å². The van der Waals surface area contributed by atoms with E-state index in [9.17, 15) is 5.11 Å². The van der Waals surface area contributed by atoms with Gasteiger partial charge in [0, 0.05) is 61.2 Å². The van der Waals surface area contributed by atoms with Gasteiger partial charge in [-0.3, -0.25) is 4.98 Å². The van der Waals surface area contributed by atoms with Crippen molar-refractivity contribution in [2.75, 3.05) is 33.4 Å². The first kappa shape index (κ1) is 25.7. The average molecular weight is 516 g/mol. The van der Waals surface area contributed by atoms with Crippen molar-refractivity contribution >= 4 is 0 Å². The quantitative estimate of drug-likeness (QED) is 0.495. The Morgan fingerprint density at radius 1 is 0.947 bits per heavy atom. The van der Waals surface area contributed by atoms with Crippen molar-refractivity contribution in [2.24, 2.45) is 5.41 Å². The Morgan fingerprint density at radius 2 is 1.61 bits per heavy atom. The van der Waals surface area contributed by atoms with Crippen LogP contribution in [-0.4, -0.2) is 63.1 Å². The van der Waals surface area contributed by atoms with Gasteiger partial charge in [-0.05, 0) is 55.3 Å². The standard InChI is InChI=1S/C31H41N5O2/c1-29(2,3)23-6-8-24(9-7-23)31(37,30(4)19-35(5)20-30)25-16-22(17-32-18-25)27-33-28(21-12-14-38-15-13-21)36(34-27)26-10-11-26/h6-9,16-18,21,26,37H,10-15,19-20H2,1-5H3/t31-/m0/s1. The van der Waals surface area contributed by atoms with Gasteiger partial charge in [0.25, 0.3) is 0 Å². The minimum absolute atomic E-state index is 0.0485. The van der Waals surface area contributed by atoms with Crippen molar-refractivity contribution in [3.05, 3.63) is 65.2 Å². The number of pyridine rings is 1. The van der Waals surface area contributed by atoms with Crippen LogP contribution in [0.15, 0.2) is 42.7 Å². The van der Waals surface area contributed by atoms with Crippen LogP contribution in [0.1, 0.15) is 87.9 Å². The summed E-state index contributed by atoms with van der Waals surface area (Å²) in [5, 5.41) is 17.6. The minimum atomic E-state index is -1.19. The predicted octanol–water partition coefficient (Wildman–Crippen LogP) is 5.05. The molecule has 3 aliphatic rings. The van der Waals surface area contributed by atoms with Gasteiger partial charge in [-0.1, -0.05) is 52.0 Å². The van der Waals surface area contributed by atoms with Gasteiger partial charge >= 0.3 is 0 Å². The van der Waals surface area contributed by atoms with Gasteiger partial charge in [0.1, 0.15) is 11.4 Å². The maximum absolute atomic E-state index is 12.7. The third kappa shape index (κ3) is 4.38. The molecule has 0 bridgehead atoms. The maximum Gasteiger partial charge on any atom is 0.182 e. The summed E-state index contributed by atoms with van der Waals surface area (Å²) in [6.07, 6.45) is 7.95. The Hall–Kier alpha value is -2.61. The topological polar surface area (TPSA) is 76.3 Å². The predicted molar refractivity (Wildman–Crippen MR) is 148 cm³/mol. The highest BCUT2D eigenvalue weighted by atomic mass is 16.5. The number of benzene rings is 1. The molecule has 1 N–H and O–H groups in total. The van der Waals surface area contributed by atoms with Crippen LogP contribution in [0.5, 0.6) is 0 Å². The third-order valence-electron chi connectivity index (χ3n) is 8.83. The van der Waals surface area contributed by atoms with E-state index in [-0.39, 0.29) is 10.8 Å². The molecule has 2 aliphatic heterocycles. The Balaban J connectivity index is 1.41. The van der Waals surface area contributed by atoms with Crippen LogP contribution in [0.25, 0.3) is 11.4 Å². The summed E-state index contributed by atoms with van der Waals surface area (Å²) in [7, 11) is 2.10. The zero-order chi connectivity index (χ0) is 26.7. The number of aliphatic hydroxyl groups is 1. The molecule has 1 saturated carbocycles. The number of hydrogen-bond donors (Lipinski definition) is 1. The Kier molecular flexibility index (Phi) is 6.24. The molecule has 3 aromatic rings. The summed E-state index contributed by atoms with van der Waals surface area (Å²) in [6.45, 7) is 12.0. The first-order chi connectivity index (χ1) is 18.1. The van der Waals surface area contributed by atoms with Crippen LogP contribution in [0.3, 0.4) is 0 Å². The number of hydrogen-bond acceptors (Lipinski definition) is 6. The van der Waals surface area contributed by atoms with E-state index < -0.39 is 5.60 Å². The highest BCUT2D eigenvalue weighted by Gasteiger charge is 2.55. The lowest BCUT2D eigenvalue weighted by atomic mass is 9.62. The van der Waals surface area contributed by atoms with Crippen molar-refractivity contribution in [3.8, 4) is 11.4 Å². The molecule has 0 amide bonds. The fourth-order valence-electron chi connectivity index (χ4n) is 6.49. The van der Waals surface area contributed by atoms with Crippen molar-refractivity contribution in [1.82, 2.24) is 24.6 Å². The molecule has 1 atom stereocenters. The molecule has 7 heteroatoms. The molecular weight excluding hydrogens is 474 g/mol. The number of aromatic nitrogens is 4. The fraction of sp³-hybridized carbons (Fsp3) is 0.581. The molecule has 202 valence electrons. The molecule has 1 aliphatic carbocycles. The first-order valence-electron chi connectivity index (χ1n) is 14.1. The summed E-state index contributed by atoms with van der Waals surface area (Å²) in [5.74, 6) is 2.16. The molecule has 6 rings (SSSR count). The lowest BCUT2D eigenvalue weighted by Gasteiger charge is -2.56. The highest BCUT2D eigenvalue weighted by molar-refractivity contribution is 5.56. The largest absolute Gasteiger partial charge is 0.381 e. The number of likely N-dealkylation sites (tertiary alicyclic amines) is 1. The van der Waals surface area contributed by atoms with Crippen LogP contribution in [0, 0.1) is 5.41 Å². The Labute approximate surface area is 226 Å². The molecule has 0 radical (unpaired) electrons. The Bertz CT molecular complexity index is 1290. The number of ether oxygens (including phenoxy) is 1. The molecule has 1 aromatic carbocycles. The van der Waals surface area contributed by atoms with E-state index in [2.05, 4.69) is 79.6 Å². The summed E-state index contributed by atoms with van der Waals surface area (Å²) in [6, 6.07) is 11.0. The first-order valence-corrected chi connectivity index (χ1v) is 14.1. The molecule has 2 saturated heterocycles. The SMILES string of the molecule is CN1CC(C)([C@](O)(c2ccc(C(C)(C)C)cc2)c2cncc(-c3nc(C4CCOCC4)n(C4CC4)n3)c2)C1. The monoisotopic (exact) mass is 515 g/mol. The van der Waals surface area contributed by atoms with Crippen molar-refractivity contribution in [1.29, 1.82) is 0 Å². The smallest absolute Gasteiger partial charge is 0.182 e. The van der Waals surface area contributed by atoms with Crippen LogP contribution in [0.2, 0.25) is 0 Å². The van der Waals surface area contributed by atoms with Gasteiger partial charge in [0.2, 0.25) is 0 Å². The van der Waals surface area contributed by atoms with E-state index in [1.807, 2.05) is 12.4 Å². The number of rotatable bonds is 6. The maximum atomic E-state index is 12.7. The van der Waals surface area contributed by atoms with Gasteiger partial charge in [0.05, 0.1) is 6.04 Å². The summed E-state index contributed by atoms with van der Waals surface area (Å²) in [5.41, 5.74) is 2.32. The van der Waals surface area contributed by atoms with Crippen LogP contribution in [-0.2, 0) is 15.8 Å². The molecule has 7 nitrogen and oxygen atoms in total. The van der Waals surface area contributed by atoms with Crippen LogP contribution in [0.4, 0.5) is 0 Å². The fourth-order valence-corrected chi connectivity index (χ4v) is 6.49. The average Bonchev–Trinajstić information content (AvgIpc) is 3.65. The van der Waals surface area contributed by atoms with E-state index in [1.165, 1.54) is 5.56 Å². The lowest BCUT2D eigenvalue weighted by molar-refractivity contribution is -0.127. The van der Waals surface area contributed by atoms with Crippen molar-refractivity contribution in [2.45, 2.75) is 76.4 Å². The molecular formula is C31H41N5O2. The van der Waals surface area contributed by atoms with E-state index in [1.54, 1.807) is 0 Å². The summed E-state index contributed by atoms with van der Waals surface area (Å²) < 4.78 is 7.77. The second-order valence-corrected chi connectivity index (χ2v) is 13.1. The van der Waals surface area contributed by atoms with E-state index in [0.717, 1.165) is 74.5 Å². The zero-order valence-corrected chi connectivity index (χ0v) is 23.4. The number of nitrogens with zero attached hydrogens (tertiary/aromatic N) is 5. The molecule has 4 heterocycles. The second-order valence-electron chi connectivity index (χ2n) is 13.1. The van der Waals surface area contributed by atoms with Crippen LogP contribution < -0.4 is 0 Å². The molecule has 0 unspecified atom stereocenters. The van der Waals surface area contributed by atoms with Gasteiger partial charge in [0.15, 0.2) is 5.82 Å². The van der Waals surface area contributed by atoms with Gasteiger partial charge in [-0.2, -0.15) is 5.10 Å².